The van der Waals surface area contributed by atoms with Crippen LogP contribution < -0.4 is 5.32 Å². The second-order valence-electron chi connectivity index (χ2n) is 2.97. The first-order chi connectivity index (χ1) is 5.43. The van der Waals surface area contributed by atoms with Gasteiger partial charge in [-0.3, -0.25) is 0 Å². The number of amides is 1. The summed E-state index contributed by atoms with van der Waals surface area (Å²) in [7, 11) is 0. The van der Waals surface area contributed by atoms with E-state index in [1.807, 2.05) is 19.2 Å². The topological polar surface area (TPSA) is 86.6 Å². The van der Waals surface area contributed by atoms with Gasteiger partial charge in [0.1, 0.15) is 6.04 Å². The van der Waals surface area contributed by atoms with Crippen molar-refractivity contribution in [1.29, 1.82) is 0 Å². The predicted molar refractivity (Wildman–Crippen MR) is 42.0 cm³/mol. The van der Waals surface area contributed by atoms with Gasteiger partial charge in [-0.25, -0.2) is 9.59 Å². The van der Waals surface area contributed by atoms with Gasteiger partial charge in [-0.2, -0.15) is 0 Å². The number of aliphatic carboxylic acids is 1. The Kier molecular flexibility index (Phi) is 4.10. The van der Waals surface area contributed by atoms with E-state index in [2.05, 4.69) is 0 Å². The van der Waals surface area contributed by atoms with Gasteiger partial charge in [0.15, 0.2) is 0 Å². The molecular formula is C7H13NO4. The smallest absolute Gasteiger partial charge is 0.405 e. The molecule has 12 heavy (non-hydrogen) atoms. The molecule has 0 rings (SSSR count). The summed E-state index contributed by atoms with van der Waals surface area (Å²) in [6.45, 7) is 3.67. The summed E-state index contributed by atoms with van der Waals surface area (Å²) in [5.74, 6) is -0.982. The molecule has 0 aromatic carbocycles. The molecule has 0 heterocycles. The monoisotopic (exact) mass is 175 g/mol. The quantitative estimate of drug-likeness (QED) is 0.588. The van der Waals surface area contributed by atoms with Crippen LogP contribution in [0.1, 0.15) is 20.3 Å². The van der Waals surface area contributed by atoms with Gasteiger partial charge in [-0.1, -0.05) is 13.8 Å². The Balaban J connectivity index is 4.04. The Morgan fingerprint density at radius 1 is 1.33 bits per heavy atom. The third-order valence-corrected chi connectivity index (χ3v) is 1.30. The van der Waals surface area contributed by atoms with Crippen molar-refractivity contribution in [3.8, 4) is 0 Å². The second kappa shape index (κ2) is 4.58. The maximum Gasteiger partial charge on any atom is 0.405 e. The lowest BCUT2D eigenvalue weighted by Gasteiger charge is -2.13. The number of hydrogen-bond acceptors (Lipinski definition) is 2. The zero-order chi connectivity index (χ0) is 9.72. The summed E-state index contributed by atoms with van der Waals surface area (Å²) in [5.41, 5.74) is 0. The lowest BCUT2D eigenvalue weighted by atomic mass is 10.0. The Hall–Kier alpha value is -1.26. The maximum atomic E-state index is 10.4. The minimum atomic E-state index is -1.30. The molecule has 5 nitrogen and oxygen atoms in total. The molecule has 0 saturated heterocycles. The van der Waals surface area contributed by atoms with Gasteiger partial charge in [0.25, 0.3) is 0 Å². The molecule has 3 N–H and O–H groups in total. The molecule has 0 aliphatic rings. The normalized spacial score (nSPS) is 12.6. The van der Waals surface area contributed by atoms with Crippen LogP contribution in [0.3, 0.4) is 0 Å². The van der Waals surface area contributed by atoms with E-state index in [4.69, 9.17) is 10.2 Å². The summed E-state index contributed by atoms with van der Waals surface area (Å²) in [4.78, 5) is 20.6. The van der Waals surface area contributed by atoms with Gasteiger partial charge in [0.2, 0.25) is 0 Å². The maximum absolute atomic E-state index is 10.4. The van der Waals surface area contributed by atoms with Crippen LogP contribution in [-0.4, -0.2) is 28.3 Å². The molecule has 5 heteroatoms. The van der Waals surface area contributed by atoms with Crippen LogP contribution >= 0.6 is 0 Å². The Bertz CT molecular complexity index is 178. The van der Waals surface area contributed by atoms with E-state index in [0.29, 0.717) is 6.42 Å². The highest BCUT2D eigenvalue weighted by molar-refractivity contribution is 5.79. The largest absolute Gasteiger partial charge is 0.480 e. The van der Waals surface area contributed by atoms with Gasteiger partial charge in [0.05, 0.1) is 0 Å². The summed E-state index contributed by atoms with van der Waals surface area (Å²) in [6, 6.07) is -0.998. The molecule has 0 aromatic rings. The molecule has 70 valence electrons. The first-order valence-corrected chi connectivity index (χ1v) is 3.65. The molecule has 0 spiro atoms. The highest BCUT2D eigenvalue weighted by atomic mass is 16.4. The molecule has 0 aliphatic carbocycles. The highest BCUT2D eigenvalue weighted by Crippen LogP contribution is 2.04. The van der Waals surface area contributed by atoms with Crippen molar-refractivity contribution in [3.63, 3.8) is 0 Å². The molecule has 0 aliphatic heterocycles. The molecule has 1 amide bonds. The van der Waals surface area contributed by atoms with Gasteiger partial charge in [0, 0.05) is 0 Å². The van der Waals surface area contributed by atoms with Crippen molar-refractivity contribution >= 4 is 12.1 Å². The minimum Gasteiger partial charge on any atom is -0.480 e. The molecule has 0 saturated carbocycles. The molecular weight excluding hydrogens is 162 g/mol. The minimum absolute atomic E-state index is 0.151. The second-order valence-corrected chi connectivity index (χ2v) is 2.97. The van der Waals surface area contributed by atoms with Gasteiger partial charge in [-0.05, 0) is 12.3 Å². The standard InChI is InChI=1S/C7H13NO4/c1-4(2)3-5(6(9)10)8-7(11)12/h4-5,8H,3H2,1-2H3,(H,9,10)(H,11,12)/t5-/m1/s1. The fourth-order valence-corrected chi connectivity index (χ4v) is 0.842. The van der Waals surface area contributed by atoms with Crippen LogP contribution in [0.15, 0.2) is 0 Å². The Morgan fingerprint density at radius 3 is 2.08 bits per heavy atom. The molecule has 0 aromatic heterocycles. The number of rotatable bonds is 4. The van der Waals surface area contributed by atoms with Crippen molar-refractivity contribution in [2.24, 2.45) is 5.92 Å². The summed E-state index contributed by atoms with van der Waals surface area (Å²) >= 11 is 0. The SMILES string of the molecule is CC(C)C[C@@H](NC(=O)O)C(=O)O. The Labute approximate surface area is 70.4 Å². The Morgan fingerprint density at radius 2 is 1.83 bits per heavy atom. The summed E-state index contributed by atoms with van der Waals surface area (Å²) < 4.78 is 0. The van der Waals surface area contributed by atoms with Crippen LogP contribution in [0.25, 0.3) is 0 Å². The van der Waals surface area contributed by atoms with E-state index in [1.165, 1.54) is 0 Å². The first-order valence-electron chi connectivity index (χ1n) is 3.65. The van der Waals surface area contributed by atoms with Crippen LogP contribution in [-0.2, 0) is 4.79 Å². The molecule has 0 fully saturated rings. The van der Waals surface area contributed by atoms with E-state index < -0.39 is 18.1 Å². The third kappa shape index (κ3) is 4.54. The van der Waals surface area contributed by atoms with Crippen molar-refractivity contribution in [3.05, 3.63) is 0 Å². The number of nitrogens with one attached hydrogen (secondary N) is 1. The highest BCUT2D eigenvalue weighted by Gasteiger charge is 2.20. The van der Waals surface area contributed by atoms with E-state index in [9.17, 15) is 9.59 Å². The average molecular weight is 175 g/mol. The van der Waals surface area contributed by atoms with Crippen LogP contribution in [0.4, 0.5) is 4.79 Å². The first kappa shape index (κ1) is 10.7. The fraction of sp³-hybridized carbons (Fsp3) is 0.714. The lowest BCUT2D eigenvalue weighted by Crippen LogP contribution is -2.40. The van der Waals surface area contributed by atoms with Gasteiger partial charge >= 0.3 is 12.1 Å². The lowest BCUT2D eigenvalue weighted by molar-refractivity contribution is -0.139. The van der Waals surface area contributed by atoms with Crippen molar-refractivity contribution < 1.29 is 19.8 Å². The molecule has 0 bridgehead atoms. The number of carbonyl (C=O) groups is 2. The molecule has 0 unspecified atom stereocenters. The van der Waals surface area contributed by atoms with Gasteiger partial charge < -0.3 is 15.5 Å². The van der Waals surface area contributed by atoms with Crippen LogP contribution in [0.5, 0.6) is 0 Å². The van der Waals surface area contributed by atoms with E-state index in [-0.39, 0.29) is 5.92 Å². The summed E-state index contributed by atoms with van der Waals surface area (Å²) in [6.07, 6.45) is -0.996. The molecule has 0 radical (unpaired) electrons. The predicted octanol–water partition coefficient (Wildman–Crippen LogP) is 0.753. The van der Waals surface area contributed by atoms with Crippen molar-refractivity contribution in [2.45, 2.75) is 26.3 Å². The summed E-state index contributed by atoms with van der Waals surface area (Å²) in [5, 5.41) is 18.7. The zero-order valence-corrected chi connectivity index (χ0v) is 7.07. The van der Waals surface area contributed by atoms with E-state index in [1.54, 1.807) is 0 Å². The van der Waals surface area contributed by atoms with Crippen LogP contribution in [0, 0.1) is 5.92 Å². The van der Waals surface area contributed by atoms with E-state index in [0.717, 1.165) is 0 Å². The van der Waals surface area contributed by atoms with Crippen molar-refractivity contribution in [1.82, 2.24) is 5.32 Å². The van der Waals surface area contributed by atoms with E-state index >= 15 is 0 Å². The average Bonchev–Trinajstić information content (AvgIpc) is 1.83. The molecule has 1 atom stereocenters. The fourth-order valence-electron chi connectivity index (χ4n) is 0.842. The van der Waals surface area contributed by atoms with Crippen LogP contribution in [0.2, 0.25) is 0 Å². The van der Waals surface area contributed by atoms with Crippen molar-refractivity contribution in [2.75, 3.05) is 0 Å². The number of carboxylic acids is 1. The third-order valence-electron chi connectivity index (χ3n) is 1.30. The van der Waals surface area contributed by atoms with Gasteiger partial charge in [-0.15, -0.1) is 0 Å². The number of hydrogen-bond donors (Lipinski definition) is 3. The number of carboxylic acid groups (broad SMARTS) is 2. The zero-order valence-electron chi connectivity index (χ0n) is 7.07.